The van der Waals surface area contributed by atoms with Crippen LogP contribution >= 0.6 is 0 Å². The minimum absolute atomic E-state index is 0.188. The lowest BCUT2D eigenvalue weighted by molar-refractivity contribution is 0.552. The van der Waals surface area contributed by atoms with E-state index in [2.05, 4.69) is 49.8 Å². The van der Waals surface area contributed by atoms with Crippen molar-refractivity contribution in [2.24, 2.45) is 10.3 Å². The van der Waals surface area contributed by atoms with Crippen LogP contribution in [0.1, 0.15) is 24.0 Å². The second-order valence-electron chi connectivity index (χ2n) is 5.95. The number of rotatable bonds is 7. The van der Waals surface area contributed by atoms with E-state index in [4.69, 9.17) is 0 Å². The summed E-state index contributed by atoms with van der Waals surface area (Å²) < 4.78 is 0. The summed E-state index contributed by atoms with van der Waals surface area (Å²) >= 11 is 0. The van der Waals surface area contributed by atoms with Crippen LogP contribution in [-0.2, 0) is 12.8 Å². The lowest BCUT2D eigenvalue weighted by Crippen LogP contribution is -2.32. The molecule has 0 radical (unpaired) electrons. The normalized spacial score (nSPS) is 16.6. The molecule has 0 fully saturated rings. The number of aromatic nitrogens is 2. The number of aryl methyl sites for hydroxylation is 2. The fourth-order valence-corrected chi connectivity index (χ4v) is 2.61. The van der Waals surface area contributed by atoms with Crippen LogP contribution in [0.2, 0.25) is 0 Å². The standard InChI is InChI=1S/C19H22N6/c1-15(19-6-2-3-10-22-19)23-25-24-18-11-17(13-21-14-18)8-7-16-5-4-9-20-12-16/h3-5,9-14,19,22H,1-2,6-8H2,(H,23,24). The Labute approximate surface area is 147 Å². The van der Waals surface area contributed by atoms with Gasteiger partial charge in [-0.1, -0.05) is 23.9 Å². The van der Waals surface area contributed by atoms with E-state index in [1.807, 2.05) is 30.7 Å². The summed E-state index contributed by atoms with van der Waals surface area (Å²) in [6.45, 7) is 4.01. The van der Waals surface area contributed by atoms with Crippen LogP contribution in [0.3, 0.4) is 0 Å². The topological polar surface area (TPSA) is 74.6 Å². The van der Waals surface area contributed by atoms with E-state index in [1.165, 1.54) is 5.56 Å². The molecule has 2 N–H and O–H groups in total. The van der Waals surface area contributed by atoms with Crippen molar-refractivity contribution in [2.75, 3.05) is 0 Å². The van der Waals surface area contributed by atoms with Gasteiger partial charge in [-0.2, -0.15) is 0 Å². The lowest BCUT2D eigenvalue weighted by atomic mass is 10.1. The molecule has 0 saturated heterocycles. The van der Waals surface area contributed by atoms with E-state index in [-0.39, 0.29) is 6.04 Å². The summed E-state index contributed by atoms with van der Waals surface area (Å²) in [7, 11) is 0. The predicted molar refractivity (Wildman–Crippen MR) is 98.0 cm³/mol. The number of nitrogens with zero attached hydrogens (tertiary/aromatic N) is 4. The Kier molecular flexibility index (Phi) is 5.87. The zero-order chi connectivity index (χ0) is 17.3. The molecule has 25 heavy (non-hydrogen) atoms. The van der Waals surface area contributed by atoms with Crippen LogP contribution in [0.15, 0.2) is 77.9 Å². The molecule has 3 rings (SSSR count). The Morgan fingerprint density at radius 3 is 2.92 bits per heavy atom. The highest BCUT2D eigenvalue weighted by atomic mass is 15.4. The summed E-state index contributed by atoms with van der Waals surface area (Å²) in [6, 6.07) is 6.22. The molecule has 1 unspecified atom stereocenters. The highest BCUT2D eigenvalue weighted by Gasteiger charge is 2.11. The summed E-state index contributed by atoms with van der Waals surface area (Å²) in [5, 5.41) is 11.5. The minimum Gasteiger partial charge on any atom is -0.383 e. The van der Waals surface area contributed by atoms with Crippen molar-refractivity contribution >= 4 is 5.69 Å². The molecule has 3 heterocycles. The first-order valence-corrected chi connectivity index (χ1v) is 8.41. The zero-order valence-electron chi connectivity index (χ0n) is 14.1. The van der Waals surface area contributed by atoms with Crippen molar-refractivity contribution in [3.8, 4) is 0 Å². The minimum atomic E-state index is 0.188. The van der Waals surface area contributed by atoms with Gasteiger partial charge in [-0.15, -0.1) is 5.11 Å². The monoisotopic (exact) mass is 334 g/mol. The average Bonchev–Trinajstić information content (AvgIpc) is 2.68. The molecule has 1 aliphatic rings. The molecule has 0 spiro atoms. The van der Waals surface area contributed by atoms with Gasteiger partial charge in [0, 0.05) is 18.6 Å². The summed E-state index contributed by atoms with van der Waals surface area (Å²) in [6.07, 6.45) is 15.1. The summed E-state index contributed by atoms with van der Waals surface area (Å²) in [5.41, 5.74) is 6.78. The molecule has 0 aromatic carbocycles. The van der Waals surface area contributed by atoms with Gasteiger partial charge in [-0.05, 0) is 55.1 Å². The molecule has 0 saturated carbocycles. The number of nitrogens with one attached hydrogen (secondary N) is 2. The van der Waals surface area contributed by atoms with E-state index in [1.54, 1.807) is 12.4 Å². The molecule has 6 heteroatoms. The second kappa shape index (κ2) is 8.73. The molecule has 128 valence electrons. The summed E-state index contributed by atoms with van der Waals surface area (Å²) in [5.74, 6) is 0. The lowest BCUT2D eigenvalue weighted by Gasteiger charge is -2.21. The quantitative estimate of drug-likeness (QED) is 0.599. The largest absolute Gasteiger partial charge is 0.383 e. The first-order chi connectivity index (χ1) is 12.3. The molecule has 2 aromatic heterocycles. The van der Waals surface area contributed by atoms with Gasteiger partial charge in [-0.25, -0.2) is 0 Å². The van der Waals surface area contributed by atoms with Gasteiger partial charge < -0.3 is 5.32 Å². The van der Waals surface area contributed by atoms with E-state index >= 15 is 0 Å². The molecular formula is C19H22N6. The third kappa shape index (κ3) is 5.24. The van der Waals surface area contributed by atoms with E-state index in [9.17, 15) is 0 Å². The maximum absolute atomic E-state index is 4.24. The third-order valence-corrected chi connectivity index (χ3v) is 4.02. The van der Waals surface area contributed by atoms with Gasteiger partial charge in [0.1, 0.15) is 5.69 Å². The third-order valence-electron chi connectivity index (χ3n) is 4.02. The Morgan fingerprint density at radius 2 is 2.12 bits per heavy atom. The average molecular weight is 334 g/mol. The van der Waals surface area contributed by atoms with Crippen molar-refractivity contribution in [2.45, 2.75) is 31.7 Å². The van der Waals surface area contributed by atoms with Crippen LogP contribution in [0.5, 0.6) is 0 Å². The Balaban J connectivity index is 1.52. The van der Waals surface area contributed by atoms with Gasteiger partial charge >= 0.3 is 0 Å². The van der Waals surface area contributed by atoms with Crippen LogP contribution in [0, 0.1) is 0 Å². The SMILES string of the molecule is C=C(NN=Nc1cncc(CCc2cccnc2)c1)C1CCC=CN1. The van der Waals surface area contributed by atoms with Crippen molar-refractivity contribution < 1.29 is 0 Å². The number of pyridine rings is 2. The van der Waals surface area contributed by atoms with Gasteiger partial charge in [0.05, 0.1) is 17.9 Å². The first kappa shape index (κ1) is 16.8. The van der Waals surface area contributed by atoms with Crippen LogP contribution in [-0.4, -0.2) is 16.0 Å². The van der Waals surface area contributed by atoms with E-state index in [0.717, 1.165) is 42.6 Å². The van der Waals surface area contributed by atoms with Crippen molar-refractivity contribution in [3.05, 3.63) is 78.7 Å². The van der Waals surface area contributed by atoms with Gasteiger partial charge in [0.2, 0.25) is 0 Å². The molecular weight excluding hydrogens is 312 g/mol. The Hall–Kier alpha value is -3.02. The maximum atomic E-state index is 4.24. The van der Waals surface area contributed by atoms with Crippen LogP contribution < -0.4 is 10.7 Å². The highest BCUT2D eigenvalue weighted by Crippen LogP contribution is 2.15. The Bertz CT molecular complexity index is 754. The van der Waals surface area contributed by atoms with Crippen LogP contribution in [0.25, 0.3) is 0 Å². The molecule has 1 aliphatic heterocycles. The van der Waals surface area contributed by atoms with Gasteiger partial charge in [0.25, 0.3) is 0 Å². The molecule has 0 aliphatic carbocycles. The molecule has 1 atom stereocenters. The predicted octanol–water partition coefficient (Wildman–Crippen LogP) is 3.63. The maximum Gasteiger partial charge on any atom is 0.106 e. The Morgan fingerprint density at radius 1 is 1.24 bits per heavy atom. The van der Waals surface area contributed by atoms with Crippen molar-refractivity contribution in [3.63, 3.8) is 0 Å². The molecule has 2 aromatic rings. The fourth-order valence-electron chi connectivity index (χ4n) is 2.61. The van der Waals surface area contributed by atoms with Gasteiger partial charge in [0.15, 0.2) is 0 Å². The zero-order valence-corrected chi connectivity index (χ0v) is 14.1. The molecule has 0 amide bonds. The molecule has 6 nitrogen and oxygen atoms in total. The van der Waals surface area contributed by atoms with E-state index in [0.29, 0.717) is 0 Å². The van der Waals surface area contributed by atoms with E-state index < -0.39 is 0 Å². The number of hydrogen-bond donors (Lipinski definition) is 2. The molecule has 0 bridgehead atoms. The second-order valence-corrected chi connectivity index (χ2v) is 5.95. The highest BCUT2D eigenvalue weighted by molar-refractivity contribution is 5.36. The summed E-state index contributed by atoms with van der Waals surface area (Å²) in [4.78, 5) is 8.38. The number of allylic oxidation sites excluding steroid dienone is 1. The van der Waals surface area contributed by atoms with Crippen molar-refractivity contribution in [1.29, 1.82) is 0 Å². The number of hydrogen-bond acceptors (Lipinski definition) is 5. The fraction of sp³-hybridized carbons (Fsp3) is 0.263. The van der Waals surface area contributed by atoms with Gasteiger partial charge in [-0.3, -0.25) is 15.4 Å². The first-order valence-electron chi connectivity index (χ1n) is 8.41. The smallest absolute Gasteiger partial charge is 0.106 e. The van der Waals surface area contributed by atoms with Crippen molar-refractivity contribution in [1.82, 2.24) is 20.7 Å². The van der Waals surface area contributed by atoms with Crippen LogP contribution in [0.4, 0.5) is 5.69 Å².